The number of fused-ring (bicyclic) bond motifs is 3. The van der Waals surface area contributed by atoms with Crippen molar-refractivity contribution < 1.29 is 57.9 Å². The number of carbonyl (C=O) groups excluding carboxylic acids is 3. The average Bonchev–Trinajstić information content (AvgIpc) is 3.56. The molecule has 0 aromatic heterocycles. The number of hydrogen-bond acceptors (Lipinski definition) is 6. The molecule has 0 spiro atoms. The lowest BCUT2D eigenvalue weighted by molar-refractivity contribution is -0.348. The minimum absolute atomic E-state index is 0.000913. The summed E-state index contributed by atoms with van der Waals surface area (Å²) < 4.78 is 138. The van der Waals surface area contributed by atoms with Crippen molar-refractivity contribution in [3.05, 3.63) is 65.0 Å². The van der Waals surface area contributed by atoms with Crippen molar-refractivity contribution >= 4 is 27.9 Å². The summed E-state index contributed by atoms with van der Waals surface area (Å²) in [4.78, 5) is 39.3. The minimum Gasteiger partial charge on any atom is -0.351 e. The molecule has 2 aromatic rings. The summed E-state index contributed by atoms with van der Waals surface area (Å²) in [5.41, 5.74) is -8.36. The van der Waals surface area contributed by atoms with Crippen molar-refractivity contribution in [1.82, 2.24) is 10.2 Å². The fourth-order valence-electron chi connectivity index (χ4n) is 7.60. The van der Waals surface area contributed by atoms with Crippen LogP contribution in [-0.4, -0.2) is 62.4 Å². The van der Waals surface area contributed by atoms with Gasteiger partial charge in [0.15, 0.2) is 9.84 Å². The maximum Gasteiger partial charge on any atom is 0.435 e. The number of sulfone groups is 1. The van der Waals surface area contributed by atoms with Crippen LogP contribution >= 0.6 is 0 Å². The second-order valence-corrected chi connectivity index (χ2v) is 14.2. The molecule has 2 aliphatic carbocycles. The van der Waals surface area contributed by atoms with Crippen LogP contribution in [0.5, 0.6) is 0 Å². The van der Waals surface area contributed by atoms with Gasteiger partial charge in [-0.15, -0.1) is 0 Å². The molecule has 5 atom stereocenters. The highest BCUT2D eigenvalue weighted by molar-refractivity contribution is 7.92. The summed E-state index contributed by atoms with van der Waals surface area (Å²) in [7, 11) is -4.86. The predicted octanol–water partition coefficient (Wildman–Crippen LogP) is 4.95. The summed E-state index contributed by atoms with van der Waals surface area (Å²) in [5.74, 6) is -4.66. The zero-order valence-corrected chi connectivity index (χ0v) is 25.6. The highest BCUT2D eigenvalue weighted by Gasteiger charge is 2.74. The second-order valence-electron chi connectivity index (χ2n) is 12.1. The van der Waals surface area contributed by atoms with E-state index < -0.39 is 78.7 Å². The first-order valence-electron chi connectivity index (χ1n) is 14.7. The number of aryl methyl sites for hydroxylation is 1. The van der Waals surface area contributed by atoms with Crippen LogP contribution < -0.4 is 5.32 Å². The number of likely N-dealkylation sites (tertiary alicyclic amines) is 1. The fourth-order valence-corrected chi connectivity index (χ4v) is 10.2. The highest BCUT2D eigenvalue weighted by Crippen LogP contribution is 2.61. The van der Waals surface area contributed by atoms with E-state index in [1.807, 2.05) is 6.07 Å². The molecular weight excluding hydrogens is 678 g/mol. The third kappa shape index (κ3) is 5.23. The zero-order valence-electron chi connectivity index (χ0n) is 24.7. The number of benzene rings is 2. The maximum atomic E-state index is 15.1. The summed E-state index contributed by atoms with van der Waals surface area (Å²) in [6.45, 7) is -0.0526. The number of hydrogen-bond donors (Lipinski definition) is 1. The summed E-state index contributed by atoms with van der Waals surface area (Å²) in [6.07, 6.45) is -13.6. The molecule has 5 rings (SSSR count). The highest BCUT2D eigenvalue weighted by atomic mass is 32.2. The first-order chi connectivity index (χ1) is 22.4. The third-order valence-corrected chi connectivity index (χ3v) is 12.3. The molecule has 2 fully saturated rings. The number of aldehydes is 1. The van der Waals surface area contributed by atoms with Gasteiger partial charge >= 0.3 is 18.0 Å². The second kappa shape index (κ2) is 12.1. The summed E-state index contributed by atoms with van der Waals surface area (Å²) >= 11 is 0. The predicted molar refractivity (Wildman–Crippen MR) is 149 cm³/mol. The van der Waals surface area contributed by atoms with Gasteiger partial charge in [0.25, 0.3) is 0 Å². The Bertz CT molecular complexity index is 1760. The molecule has 1 heterocycles. The molecule has 3 aliphatic rings. The van der Waals surface area contributed by atoms with Crippen LogP contribution in [0.4, 0.5) is 35.1 Å². The number of amides is 2. The van der Waals surface area contributed by atoms with Crippen molar-refractivity contribution in [3.63, 3.8) is 0 Å². The largest absolute Gasteiger partial charge is 0.435 e. The molecule has 1 aliphatic heterocycles. The van der Waals surface area contributed by atoms with Crippen LogP contribution in [-0.2, 0) is 41.1 Å². The quantitative estimate of drug-likeness (QED) is 0.236. The molecule has 17 heteroatoms. The molecule has 258 valence electrons. The Hall–Kier alpha value is -4.07. The van der Waals surface area contributed by atoms with Crippen LogP contribution in [0.3, 0.4) is 0 Å². The number of nitriles is 1. The summed E-state index contributed by atoms with van der Waals surface area (Å²) in [5, 5.41) is 11.7. The average molecular weight is 706 g/mol. The van der Waals surface area contributed by atoms with Gasteiger partial charge in [0, 0.05) is 36.4 Å². The molecule has 8 nitrogen and oxygen atoms in total. The minimum atomic E-state index is -6.44. The SMILES string of the molecule is N#CCCN1C(=O)CC[C@H]1C(=O)N[C@@H]1CC(C=O)[C@]2(S(=O)(=O)c3ccc(F)cc3)c3ccc(C(F)(C(F)(F)F)C(F)(F)F)cc3CC[C@@H]12. The molecule has 2 aromatic carbocycles. The van der Waals surface area contributed by atoms with Crippen molar-refractivity contribution in [3.8, 4) is 6.07 Å². The Balaban J connectivity index is 1.66. The molecule has 48 heavy (non-hydrogen) atoms. The molecule has 0 radical (unpaired) electrons. The van der Waals surface area contributed by atoms with E-state index >= 15 is 4.39 Å². The number of nitrogens with one attached hydrogen (secondary N) is 1. The Morgan fingerprint density at radius 3 is 2.25 bits per heavy atom. The van der Waals surface area contributed by atoms with Gasteiger partial charge in [-0.1, -0.05) is 18.2 Å². The van der Waals surface area contributed by atoms with Crippen molar-refractivity contribution in [2.45, 2.75) is 78.3 Å². The Kier molecular flexibility index (Phi) is 8.90. The molecule has 1 unspecified atom stereocenters. The molecule has 1 saturated carbocycles. The fraction of sp³-hybridized carbons (Fsp3) is 0.484. The zero-order chi connectivity index (χ0) is 35.4. The molecular formula is C31H27F8N3O5S. The van der Waals surface area contributed by atoms with E-state index in [0.29, 0.717) is 12.1 Å². The molecule has 0 bridgehead atoms. The van der Waals surface area contributed by atoms with E-state index in [9.17, 15) is 53.5 Å². The van der Waals surface area contributed by atoms with Crippen LogP contribution in [0.1, 0.15) is 48.8 Å². The molecule has 1 N–H and O–H groups in total. The first-order valence-corrected chi connectivity index (χ1v) is 16.2. The number of nitrogens with zero attached hydrogens (tertiary/aromatic N) is 2. The van der Waals surface area contributed by atoms with E-state index in [1.54, 1.807) is 0 Å². The van der Waals surface area contributed by atoms with Gasteiger partial charge in [-0.3, -0.25) is 9.59 Å². The van der Waals surface area contributed by atoms with Crippen LogP contribution in [0.2, 0.25) is 0 Å². The van der Waals surface area contributed by atoms with E-state index in [1.165, 1.54) is 4.90 Å². The number of carbonyl (C=O) groups is 3. The standard InChI is InChI=1S/C31H27F8N3O5S/c32-20-4-6-21(7-5-20)48(46,47)28-19(16-43)15-24(41-27(45)25-10-11-26(44)42(25)13-1-12-40)23(28)8-2-17-14-18(3-9-22(17)28)29(33,30(34,35)36)31(37,38)39/h3-7,9,14,16,19,23-25H,1-2,8,10-11,13,15H2,(H,41,45)/t19?,23-,24+,25-,28-/m0/s1. The normalized spacial score (nSPS) is 26.1. The van der Waals surface area contributed by atoms with Gasteiger partial charge < -0.3 is 15.0 Å². The van der Waals surface area contributed by atoms with Gasteiger partial charge in [0.05, 0.1) is 17.4 Å². The van der Waals surface area contributed by atoms with E-state index in [4.69, 9.17) is 5.26 Å². The van der Waals surface area contributed by atoms with E-state index in [-0.39, 0.29) is 74.5 Å². The van der Waals surface area contributed by atoms with Crippen LogP contribution in [0.25, 0.3) is 0 Å². The first kappa shape index (κ1) is 35.2. The lowest BCUT2D eigenvalue weighted by Crippen LogP contribution is -2.54. The lowest BCUT2D eigenvalue weighted by atomic mass is 9.71. The van der Waals surface area contributed by atoms with E-state index in [0.717, 1.165) is 24.3 Å². The van der Waals surface area contributed by atoms with Gasteiger partial charge in [0.1, 0.15) is 22.9 Å². The van der Waals surface area contributed by atoms with Crippen LogP contribution in [0.15, 0.2) is 47.4 Å². The van der Waals surface area contributed by atoms with E-state index in [2.05, 4.69) is 5.32 Å². The lowest BCUT2D eigenvalue weighted by Gasteiger charge is -2.44. The number of alkyl halides is 7. The van der Waals surface area contributed by atoms with Crippen molar-refractivity contribution in [2.24, 2.45) is 11.8 Å². The van der Waals surface area contributed by atoms with Gasteiger partial charge in [-0.05, 0) is 61.1 Å². The van der Waals surface area contributed by atoms with Gasteiger partial charge in [-0.2, -0.15) is 31.6 Å². The Morgan fingerprint density at radius 1 is 1.02 bits per heavy atom. The maximum absolute atomic E-state index is 15.1. The topological polar surface area (TPSA) is 124 Å². The van der Waals surface area contributed by atoms with Crippen molar-refractivity contribution in [1.29, 1.82) is 5.26 Å². The molecule has 2 amide bonds. The summed E-state index contributed by atoms with van der Waals surface area (Å²) in [6, 6.07) is 4.30. The smallest absolute Gasteiger partial charge is 0.351 e. The number of rotatable bonds is 8. The number of halogens is 8. The Labute approximate surface area is 269 Å². The van der Waals surface area contributed by atoms with Crippen molar-refractivity contribution in [2.75, 3.05) is 6.54 Å². The monoisotopic (exact) mass is 705 g/mol. The molecule has 1 saturated heterocycles. The Morgan fingerprint density at radius 2 is 1.67 bits per heavy atom. The van der Waals surface area contributed by atoms with Gasteiger partial charge in [0.2, 0.25) is 11.8 Å². The van der Waals surface area contributed by atoms with Crippen LogP contribution in [0, 0.1) is 29.0 Å². The van der Waals surface area contributed by atoms with Gasteiger partial charge in [-0.25, -0.2) is 17.2 Å². The third-order valence-electron chi connectivity index (χ3n) is 9.68.